The minimum atomic E-state index is -0.981. The van der Waals surface area contributed by atoms with Crippen molar-refractivity contribution in [3.8, 4) is 11.5 Å². The molecule has 2 fully saturated rings. The third kappa shape index (κ3) is 4.18. The van der Waals surface area contributed by atoms with Crippen molar-refractivity contribution in [2.75, 3.05) is 23.2 Å². The molecule has 3 unspecified atom stereocenters. The smallest absolute Gasteiger partial charge is 0.266 e. The minimum Gasteiger partial charge on any atom is -0.490 e. The summed E-state index contributed by atoms with van der Waals surface area (Å²) in [4.78, 5) is 34.7. The SMILES string of the molecule is CCCOc1ccc(C2C3C(=O)N(c4ccccc4Cl)C(=O)C3ON2c2ccccc2)cc1OCC. The molecule has 0 aromatic heterocycles. The van der Waals surface area contributed by atoms with Crippen LogP contribution in [0.25, 0.3) is 0 Å². The van der Waals surface area contributed by atoms with Gasteiger partial charge in [0.1, 0.15) is 5.92 Å². The van der Waals surface area contributed by atoms with E-state index < -0.39 is 24.0 Å². The molecule has 2 aliphatic rings. The monoisotopic (exact) mass is 506 g/mol. The van der Waals surface area contributed by atoms with Gasteiger partial charge in [0, 0.05) is 0 Å². The fourth-order valence-electron chi connectivity index (χ4n) is 4.73. The van der Waals surface area contributed by atoms with Crippen LogP contribution in [0.3, 0.4) is 0 Å². The highest BCUT2D eigenvalue weighted by Crippen LogP contribution is 2.49. The van der Waals surface area contributed by atoms with Gasteiger partial charge in [0.2, 0.25) is 5.91 Å². The average molecular weight is 507 g/mol. The maximum atomic E-state index is 13.8. The molecular weight excluding hydrogens is 480 g/mol. The Morgan fingerprint density at radius 1 is 0.889 bits per heavy atom. The van der Waals surface area contributed by atoms with E-state index in [4.69, 9.17) is 25.9 Å². The Hall–Kier alpha value is -3.55. The van der Waals surface area contributed by atoms with E-state index >= 15 is 0 Å². The Bertz CT molecular complexity index is 1270. The molecule has 0 aliphatic carbocycles. The van der Waals surface area contributed by atoms with Crippen molar-refractivity contribution in [3.05, 3.63) is 83.4 Å². The molecule has 3 atom stereocenters. The van der Waals surface area contributed by atoms with Crippen molar-refractivity contribution in [1.29, 1.82) is 0 Å². The summed E-state index contributed by atoms with van der Waals surface area (Å²) >= 11 is 6.36. The fraction of sp³-hybridized carbons (Fsp3) is 0.286. The molecule has 3 aromatic rings. The molecule has 5 rings (SSSR count). The quantitative estimate of drug-likeness (QED) is 0.372. The van der Waals surface area contributed by atoms with Crippen LogP contribution in [0.2, 0.25) is 5.02 Å². The van der Waals surface area contributed by atoms with Crippen LogP contribution in [0.1, 0.15) is 31.9 Å². The molecule has 0 spiro atoms. The molecule has 3 aromatic carbocycles. The number of para-hydroxylation sites is 2. The first-order chi connectivity index (χ1) is 17.5. The van der Waals surface area contributed by atoms with E-state index in [-0.39, 0.29) is 5.91 Å². The van der Waals surface area contributed by atoms with Crippen LogP contribution in [0.15, 0.2) is 72.8 Å². The van der Waals surface area contributed by atoms with E-state index in [1.54, 1.807) is 29.3 Å². The first kappa shape index (κ1) is 24.2. The maximum Gasteiger partial charge on any atom is 0.266 e. The molecule has 0 radical (unpaired) electrons. The number of anilines is 2. The van der Waals surface area contributed by atoms with Gasteiger partial charge in [0.05, 0.1) is 35.7 Å². The largest absolute Gasteiger partial charge is 0.490 e. The lowest BCUT2D eigenvalue weighted by Crippen LogP contribution is -2.37. The molecule has 186 valence electrons. The molecule has 7 nitrogen and oxygen atoms in total. The predicted molar refractivity (Wildman–Crippen MR) is 137 cm³/mol. The van der Waals surface area contributed by atoms with Crippen LogP contribution in [0.4, 0.5) is 11.4 Å². The summed E-state index contributed by atoms with van der Waals surface area (Å²) in [6.45, 7) is 4.96. The van der Waals surface area contributed by atoms with Crippen LogP contribution in [-0.2, 0) is 14.4 Å². The highest BCUT2D eigenvalue weighted by molar-refractivity contribution is 6.36. The standard InChI is InChI=1S/C28H27ClN2O5/c1-3-16-35-22-15-14-18(17-23(22)34-4-2)25-24-26(36-31(25)19-10-6-5-7-11-19)28(33)30(27(24)32)21-13-9-8-12-20(21)29/h5-15,17,24-26H,3-4,16H2,1-2H3. The molecule has 0 N–H and O–H groups in total. The van der Waals surface area contributed by atoms with Crippen LogP contribution in [0.5, 0.6) is 11.5 Å². The van der Waals surface area contributed by atoms with Crippen molar-refractivity contribution in [3.63, 3.8) is 0 Å². The number of carbonyl (C=O) groups excluding carboxylic acids is 2. The summed E-state index contributed by atoms with van der Waals surface area (Å²) in [6, 6.07) is 21.3. The number of halogens is 1. The zero-order chi connectivity index (χ0) is 25.2. The Labute approximate surface area is 215 Å². The van der Waals surface area contributed by atoms with Crippen molar-refractivity contribution >= 4 is 34.8 Å². The number of hydrogen-bond donors (Lipinski definition) is 0. The summed E-state index contributed by atoms with van der Waals surface area (Å²) in [5.74, 6) is -0.346. The molecule has 2 amide bonds. The highest BCUT2D eigenvalue weighted by Gasteiger charge is 2.60. The topological polar surface area (TPSA) is 68.3 Å². The van der Waals surface area contributed by atoms with Gasteiger partial charge in [0.25, 0.3) is 5.91 Å². The molecule has 0 bridgehead atoms. The van der Waals surface area contributed by atoms with Gasteiger partial charge in [-0.15, -0.1) is 0 Å². The second-order valence-electron chi connectivity index (χ2n) is 8.61. The average Bonchev–Trinajstić information content (AvgIpc) is 3.40. The molecule has 36 heavy (non-hydrogen) atoms. The zero-order valence-electron chi connectivity index (χ0n) is 20.1. The van der Waals surface area contributed by atoms with E-state index in [1.807, 2.05) is 62.4 Å². The minimum absolute atomic E-state index is 0.326. The van der Waals surface area contributed by atoms with Crippen LogP contribution in [-0.4, -0.2) is 31.1 Å². The van der Waals surface area contributed by atoms with Gasteiger partial charge in [-0.2, -0.15) is 0 Å². The second kappa shape index (κ2) is 10.2. The van der Waals surface area contributed by atoms with Gasteiger partial charge in [-0.3, -0.25) is 14.4 Å². The summed E-state index contributed by atoms with van der Waals surface area (Å²) in [6.07, 6.45) is -0.116. The van der Waals surface area contributed by atoms with Gasteiger partial charge >= 0.3 is 0 Å². The van der Waals surface area contributed by atoms with Gasteiger partial charge < -0.3 is 9.47 Å². The number of nitrogens with zero attached hydrogens (tertiary/aromatic N) is 2. The van der Waals surface area contributed by atoms with Crippen molar-refractivity contribution in [2.24, 2.45) is 5.92 Å². The summed E-state index contributed by atoms with van der Waals surface area (Å²) < 4.78 is 11.7. The van der Waals surface area contributed by atoms with Gasteiger partial charge in [-0.05, 0) is 55.3 Å². The van der Waals surface area contributed by atoms with Crippen molar-refractivity contribution in [2.45, 2.75) is 32.4 Å². The lowest BCUT2D eigenvalue weighted by Gasteiger charge is -2.29. The summed E-state index contributed by atoms with van der Waals surface area (Å²) in [7, 11) is 0. The number of ether oxygens (including phenoxy) is 2. The molecule has 2 aliphatic heterocycles. The Morgan fingerprint density at radius 2 is 1.64 bits per heavy atom. The molecular formula is C28H27ClN2O5. The molecule has 2 saturated heterocycles. The number of hydroxylamine groups is 1. The second-order valence-corrected chi connectivity index (χ2v) is 9.02. The molecule has 0 saturated carbocycles. The lowest BCUT2D eigenvalue weighted by atomic mass is 9.90. The van der Waals surface area contributed by atoms with Gasteiger partial charge in [-0.25, -0.2) is 9.96 Å². The van der Waals surface area contributed by atoms with E-state index in [1.165, 1.54) is 0 Å². The number of carbonyl (C=O) groups is 2. The lowest BCUT2D eigenvalue weighted by molar-refractivity contribution is -0.126. The van der Waals surface area contributed by atoms with Crippen molar-refractivity contribution < 1.29 is 23.9 Å². The van der Waals surface area contributed by atoms with Gasteiger partial charge in [-0.1, -0.05) is 54.9 Å². The first-order valence-corrected chi connectivity index (χ1v) is 12.5. The summed E-state index contributed by atoms with van der Waals surface area (Å²) in [5.41, 5.74) is 1.88. The number of hydrogen-bond acceptors (Lipinski definition) is 6. The summed E-state index contributed by atoms with van der Waals surface area (Å²) in [5, 5.41) is 1.99. The first-order valence-electron chi connectivity index (χ1n) is 12.1. The fourth-order valence-corrected chi connectivity index (χ4v) is 4.95. The Morgan fingerprint density at radius 3 is 2.36 bits per heavy atom. The third-order valence-electron chi connectivity index (χ3n) is 6.29. The number of rotatable bonds is 8. The molecule has 8 heteroatoms. The number of fused-ring (bicyclic) bond motifs is 1. The Kier molecular flexibility index (Phi) is 6.85. The van der Waals surface area contributed by atoms with Gasteiger partial charge in [0.15, 0.2) is 17.6 Å². The van der Waals surface area contributed by atoms with E-state index in [2.05, 4.69) is 0 Å². The molecule has 2 heterocycles. The normalized spacial score (nSPS) is 21.1. The highest BCUT2D eigenvalue weighted by atomic mass is 35.5. The van der Waals surface area contributed by atoms with Crippen LogP contribution >= 0.6 is 11.6 Å². The van der Waals surface area contributed by atoms with Crippen LogP contribution < -0.4 is 19.4 Å². The Balaban J connectivity index is 1.59. The van der Waals surface area contributed by atoms with E-state index in [9.17, 15) is 9.59 Å². The van der Waals surface area contributed by atoms with Crippen LogP contribution in [0, 0.1) is 5.92 Å². The van der Waals surface area contributed by atoms with E-state index in [0.717, 1.165) is 22.6 Å². The van der Waals surface area contributed by atoms with Crippen molar-refractivity contribution in [1.82, 2.24) is 0 Å². The number of imide groups is 1. The zero-order valence-corrected chi connectivity index (χ0v) is 20.9. The maximum absolute atomic E-state index is 13.8. The number of amides is 2. The third-order valence-corrected chi connectivity index (χ3v) is 6.61. The number of benzene rings is 3. The predicted octanol–water partition coefficient (Wildman–Crippen LogP) is 5.58. The van der Waals surface area contributed by atoms with E-state index in [0.29, 0.717) is 35.4 Å².